The van der Waals surface area contributed by atoms with Crippen LogP contribution in [0.15, 0.2) is 18.2 Å². The Hall–Kier alpha value is -3.08. The Morgan fingerprint density at radius 2 is 2.00 bits per heavy atom. The predicted molar refractivity (Wildman–Crippen MR) is 78.4 cm³/mol. The van der Waals surface area contributed by atoms with E-state index in [0.717, 1.165) is 24.3 Å². The molecule has 6 nitrogen and oxygen atoms in total. The van der Waals surface area contributed by atoms with Crippen molar-refractivity contribution in [2.45, 2.75) is 0 Å². The second-order valence-electron chi connectivity index (χ2n) is 4.55. The van der Waals surface area contributed by atoms with Gasteiger partial charge < -0.3 is 10.6 Å². The number of halogens is 2. The standard InChI is InChI=1S/C14H12F2N6/c1-22(2)14-20-12(19-13(18)21-14)9(7-17)5-8-6-10(15)3-4-11(8)16/h3-6H,1-2H3,(H2,18,19,20,21)/b9-5-. The molecule has 0 aliphatic rings. The van der Waals surface area contributed by atoms with Crippen molar-refractivity contribution in [2.24, 2.45) is 0 Å². The Morgan fingerprint density at radius 3 is 2.64 bits per heavy atom. The first-order chi connectivity index (χ1) is 10.4. The van der Waals surface area contributed by atoms with Gasteiger partial charge in [0.1, 0.15) is 17.7 Å². The normalized spacial score (nSPS) is 11.1. The average Bonchev–Trinajstić information content (AvgIpc) is 2.47. The maximum atomic E-state index is 13.7. The van der Waals surface area contributed by atoms with Crippen LogP contribution in [0.3, 0.4) is 0 Å². The lowest BCUT2D eigenvalue weighted by Crippen LogP contribution is -2.15. The Bertz CT molecular complexity index is 779. The smallest absolute Gasteiger partial charge is 0.230 e. The molecule has 2 rings (SSSR count). The Balaban J connectivity index is 2.55. The largest absolute Gasteiger partial charge is 0.368 e. The molecule has 0 aliphatic heterocycles. The number of benzene rings is 1. The second-order valence-corrected chi connectivity index (χ2v) is 4.55. The number of hydrogen-bond acceptors (Lipinski definition) is 6. The van der Waals surface area contributed by atoms with E-state index in [1.807, 2.05) is 6.07 Å². The topological polar surface area (TPSA) is 91.7 Å². The molecule has 0 fully saturated rings. The minimum absolute atomic E-state index is 0.0117. The summed E-state index contributed by atoms with van der Waals surface area (Å²) in [6, 6.07) is 4.79. The molecule has 2 aromatic rings. The Kier molecular flexibility index (Phi) is 4.27. The van der Waals surface area contributed by atoms with Gasteiger partial charge in [0.2, 0.25) is 11.9 Å². The fourth-order valence-corrected chi connectivity index (χ4v) is 1.63. The minimum Gasteiger partial charge on any atom is -0.368 e. The van der Waals surface area contributed by atoms with Crippen LogP contribution in [0.25, 0.3) is 11.6 Å². The molecule has 0 bridgehead atoms. The summed E-state index contributed by atoms with van der Waals surface area (Å²) in [5.74, 6) is -1.11. The highest BCUT2D eigenvalue weighted by atomic mass is 19.1. The molecule has 112 valence electrons. The third kappa shape index (κ3) is 3.32. The third-order valence-electron chi connectivity index (χ3n) is 2.66. The fraction of sp³-hybridized carbons (Fsp3) is 0.143. The maximum Gasteiger partial charge on any atom is 0.230 e. The molecule has 2 N–H and O–H groups in total. The summed E-state index contributed by atoms with van der Waals surface area (Å²) in [6.45, 7) is 0. The monoisotopic (exact) mass is 302 g/mol. The van der Waals surface area contributed by atoms with E-state index in [4.69, 9.17) is 5.73 Å². The van der Waals surface area contributed by atoms with Gasteiger partial charge in [-0.3, -0.25) is 0 Å². The molecule has 0 saturated carbocycles. The van der Waals surface area contributed by atoms with Crippen molar-refractivity contribution in [1.29, 1.82) is 5.26 Å². The van der Waals surface area contributed by atoms with Gasteiger partial charge in [-0.1, -0.05) is 0 Å². The molecule has 8 heteroatoms. The van der Waals surface area contributed by atoms with Gasteiger partial charge in [-0.2, -0.15) is 20.2 Å². The van der Waals surface area contributed by atoms with Gasteiger partial charge in [0.25, 0.3) is 0 Å². The predicted octanol–water partition coefficient (Wildman–Crippen LogP) is 1.86. The number of hydrogen-bond donors (Lipinski definition) is 1. The molecule has 0 saturated heterocycles. The summed E-state index contributed by atoms with van der Waals surface area (Å²) >= 11 is 0. The highest BCUT2D eigenvalue weighted by Crippen LogP contribution is 2.19. The molecule has 0 spiro atoms. The SMILES string of the molecule is CN(C)c1nc(N)nc(/C(C#N)=C\c2cc(F)ccc2F)n1. The summed E-state index contributed by atoms with van der Waals surface area (Å²) in [7, 11) is 3.39. The lowest BCUT2D eigenvalue weighted by Gasteiger charge is -2.11. The van der Waals surface area contributed by atoms with E-state index in [1.54, 1.807) is 19.0 Å². The van der Waals surface area contributed by atoms with Crippen molar-refractivity contribution in [1.82, 2.24) is 15.0 Å². The number of nitrogens with zero attached hydrogens (tertiary/aromatic N) is 5. The summed E-state index contributed by atoms with van der Waals surface area (Å²) < 4.78 is 26.9. The summed E-state index contributed by atoms with van der Waals surface area (Å²) in [5, 5.41) is 9.23. The molecule has 0 unspecified atom stereocenters. The van der Waals surface area contributed by atoms with Gasteiger partial charge in [0, 0.05) is 19.7 Å². The molecule has 0 radical (unpaired) electrons. The van der Waals surface area contributed by atoms with Crippen LogP contribution in [0, 0.1) is 23.0 Å². The number of nitrogen functional groups attached to an aromatic ring is 1. The van der Waals surface area contributed by atoms with Crippen LogP contribution in [0.4, 0.5) is 20.7 Å². The van der Waals surface area contributed by atoms with Crippen molar-refractivity contribution in [3.63, 3.8) is 0 Å². The van der Waals surface area contributed by atoms with Crippen LogP contribution in [-0.4, -0.2) is 29.0 Å². The van der Waals surface area contributed by atoms with Gasteiger partial charge >= 0.3 is 0 Å². The molecule has 1 heterocycles. The molecule has 22 heavy (non-hydrogen) atoms. The molecule has 1 aromatic carbocycles. The number of rotatable bonds is 3. The van der Waals surface area contributed by atoms with Crippen molar-refractivity contribution in [3.8, 4) is 6.07 Å². The molecular weight excluding hydrogens is 290 g/mol. The maximum absolute atomic E-state index is 13.7. The number of allylic oxidation sites excluding steroid dienone is 1. The lowest BCUT2D eigenvalue weighted by atomic mass is 10.1. The van der Waals surface area contributed by atoms with Gasteiger partial charge in [-0.05, 0) is 24.3 Å². The van der Waals surface area contributed by atoms with Gasteiger partial charge in [0.15, 0.2) is 5.82 Å². The number of nitriles is 1. The zero-order valence-electron chi connectivity index (χ0n) is 11.9. The van der Waals surface area contributed by atoms with E-state index in [9.17, 15) is 14.0 Å². The average molecular weight is 302 g/mol. The number of anilines is 2. The summed E-state index contributed by atoms with van der Waals surface area (Å²) in [6.07, 6.45) is 1.16. The fourth-order valence-electron chi connectivity index (χ4n) is 1.63. The lowest BCUT2D eigenvalue weighted by molar-refractivity contribution is 0.598. The van der Waals surface area contributed by atoms with Gasteiger partial charge in [-0.25, -0.2) is 8.78 Å². The third-order valence-corrected chi connectivity index (χ3v) is 2.66. The van der Waals surface area contributed by atoms with Crippen LogP contribution in [0.1, 0.15) is 11.4 Å². The first kappa shape index (κ1) is 15.3. The van der Waals surface area contributed by atoms with Crippen molar-refractivity contribution >= 4 is 23.5 Å². The zero-order valence-corrected chi connectivity index (χ0v) is 11.9. The number of nitrogens with two attached hydrogens (primary N) is 1. The Morgan fingerprint density at radius 1 is 1.27 bits per heavy atom. The van der Waals surface area contributed by atoms with Crippen LogP contribution in [0.2, 0.25) is 0 Å². The van der Waals surface area contributed by atoms with E-state index >= 15 is 0 Å². The highest BCUT2D eigenvalue weighted by Gasteiger charge is 2.12. The first-order valence-corrected chi connectivity index (χ1v) is 6.17. The van der Waals surface area contributed by atoms with Gasteiger partial charge in [-0.15, -0.1) is 0 Å². The van der Waals surface area contributed by atoms with Crippen LogP contribution in [0.5, 0.6) is 0 Å². The highest BCUT2D eigenvalue weighted by molar-refractivity contribution is 5.87. The molecule has 1 aromatic heterocycles. The van der Waals surface area contributed by atoms with Crippen molar-refractivity contribution in [3.05, 3.63) is 41.2 Å². The van der Waals surface area contributed by atoms with E-state index in [1.165, 1.54) is 0 Å². The number of aromatic nitrogens is 3. The van der Waals surface area contributed by atoms with Gasteiger partial charge in [0.05, 0.1) is 5.57 Å². The van der Waals surface area contributed by atoms with Crippen LogP contribution < -0.4 is 10.6 Å². The quantitative estimate of drug-likeness (QED) is 0.870. The summed E-state index contributed by atoms with van der Waals surface area (Å²) in [4.78, 5) is 13.4. The second kappa shape index (κ2) is 6.13. The minimum atomic E-state index is -0.663. The van der Waals surface area contributed by atoms with Crippen LogP contribution >= 0.6 is 0 Å². The van der Waals surface area contributed by atoms with E-state index in [-0.39, 0.29) is 28.9 Å². The van der Waals surface area contributed by atoms with Crippen molar-refractivity contribution in [2.75, 3.05) is 24.7 Å². The van der Waals surface area contributed by atoms with E-state index < -0.39 is 11.6 Å². The summed E-state index contributed by atoms with van der Waals surface area (Å²) in [5.41, 5.74) is 5.44. The first-order valence-electron chi connectivity index (χ1n) is 6.17. The van der Waals surface area contributed by atoms with Crippen molar-refractivity contribution < 1.29 is 8.78 Å². The molecule has 0 amide bonds. The van der Waals surface area contributed by atoms with E-state index in [2.05, 4.69) is 15.0 Å². The van der Waals surface area contributed by atoms with Crippen LogP contribution in [-0.2, 0) is 0 Å². The van der Waals surface area contributed by atoms with E-state index in [0.29, 0.717) is 0 Å². The molecular formula is C14H12F2N6. The molecule has 0 aliphatic carbocycles. The Labute approximate surface area is 125 Å². The zero-order chi connectivity index (χ0) is 16.3. The molecule has 0 atom stereocenters.